The highest BCUT2D eigenvalue weighted by Crippen LogP contribution is 2.22. The average Bonchev–Trinajstić information content (AvgIpc) is 3.02. The van der Waals surface area contributed by atoms with Gasteiger partial charge in [0, 0.05) is 28.5 Å². The first-order valence-electron chi connectivity index (χ1n) is 9.03. The van der Waals surface area contributed by atoms with E-state index in [9.17, 15) is 9.59 Å². The van der Waals surface area contributed by atoms with E-state index in [1.807, 2.05) is 25.1 Å². The number of aromatic amines is 1. The number of aromatic nitrogens is 1. The third-order valence-corrected chi connectivity index (χ3v) is 4.87. The van der Waals surface area contributed by atoms with Gasteiger partial charge >= 0.3 is 5.63 Å². The maximum absolute atomic E-state index is 12.5. The number of amides is 1. The number of ether oxygens (including phenoxy) is 1. The molecule has 0 spiro atoms. The quantitative estimate of drug-likeness (QED) is 0.522. The van der Waals surface area contributed by atoms with Gasteiger partial charge in [-0.1, -0.05) is 18.2 Å². The number of hydrogen-bond donors (Lipinski definition) is 2. The van der Waals surface area contributed by atoms with Crippen LogP contribution in [0.3, 0.4) is 0 Å². The fraction of sp³-hybridized carbons (Fsp3) is 0.182. The summed E-state index contributed by atoms with van der Waals surface area (Å²) in [5, 5.41) is 4.60. The van der Waals surface area contributed by atoms with Crippen LogP contribution in [0.1, 0.15) is 21.6 Å². The summed E-state index contributed by atoms with van der Waals surface area (Å²) in [5.41, 5.74) is 3.05. The Hall–Kier alpha value is -3.54. The van der Waals surface area contributed by atoms with Gasteiger partial charge in [-0.05, 0) is 49.2 Å². The largest absolute Gasteiger partial charge is 0.497 e. The van der Waals surface area contributed by atoms with E-state index in [4.69, 9.17) is 9.15 Å². The Morgan fingerprint density at radius 2 is 2.00 bits per heavy atom. The number of rotatable bonds is 5. The van der Waals surface area contributed by atoms with Crippen LogP contribution in [0.25, 0.3) is 21.9 Å². The summed E-state index contributed by atoms with van der Waals surface area (Å²) in [5.74, 6) is 0.179. The maximum atomic E-state index is 12.5. The summed E-state index contributed by atoms with van der Waals surface area (Å²) in [6.45, 7) is 2.43. The minimum Gasteiger partial charge on any atom is -0.497 e. The van der Waals surface area contributed by atoms with Crippen molar-refractivity contribution in [3.05, 3.63) is 75.8 Å². The molecule has 0 bridgehead atoms. The number of carbonyl (C=O) groups is 1. The summed E-state index contributed by atoms with van der Waals surface area (Å²) < 4.78 is 10.4. The third-order valence-electron chi connectivity index (χ3n) is 4.87. The van der Waals surface area contributed by atoms with Crippen LogP contribution in [-0.4, -0.2) is 24.5 Å². The Bertz CT molecular complexity index is 1240. The van der Waals surface area contributed by atoms with Gasteiger partial charge in [0.25, 0.3) is 5.91 Å². The molecular weight excluding hydrogens is 356 g/mol. The lowest BCUT2D eigenvalue weighted by molar-refractivity contribution is 0.0950. The molecule has 0 saturated carbocycles. The minimum absolute atomic E-state index is 0.0172. The van der Waals surface area contributed by atoms with Gasteiger partial charge < -0.3 is 19.5 Å². The van der Waals surface area contributed by atoms with E-state index < -0.39 is 11.5 Å². The predicted molar refractivity (Wildman–Crippen MR) is 108 cm³/mol. The molecule has 0 fully saturated rings. The van der Waals surface area contributed by atoms with Crippen molar-refractivity contribution in [2.75, 3.05) is 13.7 Å². The second-order valence-corrected chi connectivity index (χ2v) is 6.63. The third kappa shape index (κ3) is 3.24. The zero-order chi connectivity index (χ0) is 19.7. The molecular formula is C22H20N2O4. The zero-order valence-electron chi connectivity index (χ0n) is 15.7. The van der Waals surface area contributed by atoms with Gasteiger partial charge in [-0.25, -0.2) is 4.79 Å². The maximum Gasteiger partial charge on any atom is 0.349 e. The highest BCUT2D eigenvalue weighted by Gasteiger charge is 2.15. The number of para-hydroxylation sites is 1. The molecule has 28 heavy (non-hydrogen) atoms. The molecule has 2 N–H and O–H groups in total. The first kappa shape index (κ1) is 17.9. The lowest BCUT2D eigenvalue weighted by Crippen LogP contribution is -2.30. The van der Waals surface area contributed by atoms with Crippen molar-refractivity contribution in [3.63, 3.8) is 0 Å². The van der Waals surface area contributed by atoms with Gasteiger partial charge in [0.2, 0.25) is 0 Å². The molecule has 0 atom stereocenters. The predicted octanol–water partition coefficient (Wildman–Crippen LogP) is 3.56. The van der Waals surface area contributed by atoms with Gasteiger partial charge in [0.05, 0.1) is 7.11 Å². The summed E-state index contributed by atoms with van der Waals surface area (Å²) in [4.78, 5) is 28.1. The van der Waals surface area contributed by atoms with Crippen LogP contribution in [0.2, 0.25) is 0 Å². The van der Waals surface area contributed by atoms with Crippen molar-refractivity contribution in [2.24, 2.45) is 0 Å². The summed E-state index contributed by atoms with van der Waals surface area (Å²) in [7, 11) is 1.56. The van der Waals surface area contributed by atoms with E-state index in [0.29, 0.717) is 29.7 Å². The standard InChI is InChI=1S/C22H20N2O4/c1-13-16(17-5-3-4-6-19(17)24-13)9-10-23-21(25)18-12-14-11-15(27-2)7-8-20(14)28-22(18)26/h3-8,11-12,24H,9-10H2,1-2H3,(H,23,25). The zero-order valence-corrected chi connectivity index (χ0v) is 15.7. The van der Waals surface area contributed by atoms with Crippen LogP contribution >= 0.6 is 0 Å². The number of benzene rings is 2. The molecule has 142 valence electrons. The van der Waals surface area contributed by atoms with Crippen LogP contribution in [0.15, 0.2) is 57.7 Å². The number of fused-ring (bicyclic) bond motifs is 2. The molecule has 0 unspecified atom stereocenters. The SMILES string of the molecule is COc1ccc2oc(=O)c(C(=O)NCCc3c(C)[nH]c4ccccc34)cc2c1. The first-order valence-corrected chi connectivity index (χ1v) is 9.03. The van der Waals surface area contributed by atoms with Gasteiger partial charge in [-0.15, -0.1) is 0 Å². The highest BCUT2D eigenvalue weighted by atomic mass is 16.5. The van der Waals surface area contributed by atoms with E-state index >= 15 is 0 Å². The lowest BCUT2D eigenvalue weighted by atomic mass is 10.1. The Morgan fingerprint density at radius 1 is 1.18 bits per heavy atom. The molecule has 6 heteroatoms. The van der Waals surface area contributed by atoms with E-state index in [0.717, 1.165) is 22.2 Å². The second kappa shape index (κ2) is 7.23. The topological polar surface area (TPSA) is 84.3 Å². The van der Waals surface area contributed by atoms with E-state index in [1.165, 1.54) is 6.07 Å². The first-order chi connectivity index (χ1) is 13.6. The molecule has 6 nitrogen and oxygen atoms in total. The number of aryl methyl sites for hydroxylation is 1. The van der Waals surface area contributed by atoms with E-state index in [2.05, 4.69) is 16.4 Å². The number of H-pyrrole nitrogens is 1. The summed E-state index contributed by atoms with van der Waals surface area (Å²) in [6.07, 6.45) is 0.661. The number of methoxy groups -OCH3 is 1. The monoisotopic (exact) mass is 376 g/mol. The molecule has 0 aliphatic rings. The summed E-state index contributed by atoms with van der Waals surface area (Å²) in [6, 6.07) is 14.7. The molecule has 2 aromatic carbocycles. The minimum atomic E-state index is -0.654. The van der Waals surface area contributed by atoms with Crippen molar-refractivity contribution in [2.45, 2.75) is 13.3 Å². The van der Waals surface area contributed by atoms with Crippen molar-refractivity contribution < 1.29 is 13.9 Å². The Labute approximate surface area is 161 Å². The Morgan fingerprint density at radius 3 is 2.82 bits per heavy atom. The smallest absolute Gasteiger partial charge is 0.349 e. The van der Waals surface area contributed by atoms with Crippen LogP contribution < -0.4 is 15.7 Å². The van der Waals surface area contributed by atoms with Crippen LogP contribution in [0.4, 0.5) is 0 Å². The lowest BCUT2D eigenvalue weighted by Gasteiger charge is -2.07. The molecule has 0 saturated heterocycles. The molecule has 1 amide bonds. The molecule has 4 aromatic rings. The van der Waals surface area contributed by atoms with Gasteiger partial charge in [0.15, 0.2) is 0 Å². The van der Waals surface area contributed by atoms with E-state index in [-0.39, 0.29) is 5.56 Å². The number of nitrogens with one attached hydrogen (secondary N) is 2. The molecule has 0 aliphatic heterocycles. The average molecular weight is 376 g/mol. The fourth-order valence-corrected chi connectivity index (χ4v) is 3.44. The van der Waals surface area contributed by atoms with Gasteiger partial charge in [0.1, 0.15) is 16.9 Å². The molecule has 2 aromatic heterocycles. The van der Waals surface area contributed by atoms with Crippen molar-refractivity contribution >= 4 is 27.8 Å². The highest BCUT2D eigenvalue weighted by molar-refractivity contribution is 5.96. The Balaban J connectivity index is 1.52. The van der Waals surface area contributed by atoms with Gasteiger partial charge in [-0.2, -0.15) is 0 Å². The van der Waals surface area contributed by atoms with Crippen LogP contribution in [-0.2, 0) is 6.42 Å². The van der Waals surface area contributed by atoms with Gasteiger partial charge in [-0.3, -0.25) is 4.79 Å². The van der Waals surface area contributed by atoms with Crippen LogP contribution in [0, 0.1) is 6.92 Å². The van der Waals surface area contributed by atoms with Crippen molar-refractivity contribution in [1.82, 2.24) is 10.3 Å². The number of hydrogen-bond acceptors (Lipinski definition) is 4. The molecule has 0 radical (unpaired) electrons. The number of carbonyl (C=O) groups excluding carboxylic acids is 1. The molecule has 4 rings (SSSR count). The van der Waals surface area contributed by atoms with E-state index in [1.54, 1.807) is 25.3 Å². The normalized spacial score (nSPS) is 11.1. The fourth-order valence-electron chi connectivity index (χ4n) is 3.44. The summed E-state index contributed by atoms with van der Waals surface area (Å²) >= 11 is 0. The Kier molecular flexibility index (Phi) is 4.61. The van der Waals surface area contributed by atoms with Crippen molar-refractivity contribution in [3.8, 4) is 5.75 Å². The second-order valence-electron chi connectivity index (χ2n) is 6.63. The molecule has 2 heterocycles. The molecule has 0 aliphatic carbocycles. The van der Waals surface area contributed by atoms with Crippen molar-refractivity contribution in [1.29, 1.82) is 0 Å². The van der Waals surface area contributed by atoms with Crippen LogP contribution in [0.5, 0.6) is 5.75 Å².